The molecule has 0 aromatic carbocycles. The fraction of sp³-hybridized carbons (Fsp3) is 0.667. The summed E-state index contributed by atoms with van der Waals surface area (Å²) in [6, 6.07) is 1.27. The van der Waals surface area contributed by atoms with E-state index in [0.717, 1.165) is 38.0 Å². The van der Waals surface area contributed by atoms with E-state index in [1.54, 1.807) is 24.7 Å². The molecular formula is C15H24N4O2. The summed E-state index contributed by atoms with van der Waals surface area (Å²) < 4.78 is 1.56. The Morgan fingerprint density at radius 2 is 2.00 bits per heavy atom. The quantitative estimate of drug-likeness (QED) is 0.904. The molecule has 6 nitrogen and oxygen atoms in total. The fourth-order valence-corrected chi connectivity index (χ4v) is 2.63. The Balaban J connectivity index is 1.97. The van der Waals surface area contributed by atoms with Gasteiger partial charge in [-0.3, -0.25) is 14.3 Å². The van der Waals surface area contributed by atoms with Crippen molar-refractivity contribution in [1.29, 1.82) is 0 Å². The Bertz CT molecular complexity index is 518. The molecule has 2 amide bonds. The van der Waals surface area contributed by atoms with Crippen LogP contribution in [0.15, 0.2) is 6.07 Å². The number of carbonyl (C=O) groups is 2. The van der Waals surface area contributed by atoms with Gasteiger partial charge in [0.1, 0.15) is 11.7 Å². The Morgan fingerprint density at radius 3 is 2.57 bits per heavy atom. The molecule has 0 radical (unpaired) electrons. The number of nitrogens with zero attached hydrogens (tertiary/aromatic N) is 3. The Kier molecular flexibility index (Phi) is 4.98. The molecule has 1 aliphatic heterocycles. The molecule has 1 unspecified atom stereocenters. The summed E-state index contributed by atoms with van der Waals surface area (Å²) >= 11 is 0. The van der Waals surface area contributed by atoms with Crippen molar-refractivity contribution in [2.75, 3.05) is 13.1 Å². The number of hydrogen-bond acceptors (Lipinski definition) is 3. The summed E-state index contributed by atoms with van der Waals surface area (Å²) in [6.45, 7) is 5.33. The third kappa shape index (κ3) is 3.62. The van der Waals surface area contributed by atoms with Crippen LogP contribution in [-0.4, -0.2) is 45.6 Å². The second kappa shape index (κ2) is 6.74. The second-order valence-electron chi connectivity index (χ2n) is 5.58. The van der Waals surface area contributed by atoms with Crippen molar-refractivity contribution in [2.45, 2.75) is 45.6 Å². The molecule has 1 saturated heterocycles. The molecule has 0 bridgehead atoms. The van der Waals surface area contributed by atoms with Gasteiger partial charge in [0.25, 0.3) is 5.91 Å². The monoisotopic (exact) mass is 292 g/mol. The lowest BCUT2D eigenvalue weighted by atomic mass is 10.1. The van der Waals surface area contributed by atoms with Crippen molar-refractivity contribution >= 4 is 11.8 Å². The highest BCUT2D eigenvalue weighted by Crippen LogP contribution is 2.10. The minimum atomic E-state index is -0.504. The molecule has 1 fully saturated rings. The van der Waals surface area contributed by atoms with Crippen LogP contribution in [0.3, 0.4) is 0 Å². The highest BCUT2D eigenvalue weighted by Gasteiger charge is 2.24. The average molecular weight is 292 g/mol. The van der Waals surface area contributed by atoms with E-state index in [4.69, 9.17) is 0 Å². The maximum atomic E-state index is 12.3. The van der Waals surface area contributed by atoms with Gasteiger partial charge >= 0.3 is 0 Å². The number of aryl methyl sites for hydroxylation is 2. The number of rotatable bonds is 4. The average Bonchev–Trinajstić information content (AvgIpc) is 2.88. The van der Waals surface area contributed by atoms with Gasteiger partial charge < -0.3 is 10.2 Å². The molecule has 116 valence electrons. The maximum absolute atomic E-state index is 12.3. The van der Waals surface area contributed by atoms with Crippen LogP contribution < -0.4 is 5.32 Å². The van der Waals surface area contributed by atoms with Crippen LogP contribution in [0.5, 0.6) is 0 Å². The van der Waals surface area contributed by atoms with Crippen molar-refractivity contribution < 1.29 is 9.59 Å². The van der Waals surface area contributed by atoms with Crippen LogP contribution >= 0.6 is 0 Å². The first kappa shape index (κ1) is 15.5. The van der Waals surface area contributed by atoms with Crippen LogP contribution in [0.25, 0.3) is 0 Å². The molecule has 1 aliphatic rings. The van der Waals surface area contributed by atoms with Crippen molar-refractivity contribution in [3.8, 4) is 0 Å². The molecule has 0 saturated carbocycles. The van der Waals surface area contributed by atoms with Gasteiger partial charge in [0.2, 0.25) is 5.91 Å². The summed E-state index contributed by atoms with van der Waals surface area (Å²) in [6.07, 6.45) is 4.06. The van der Waals surface area contributed by atoms with E-state index >= 15 is 0 Å². The standard InChI is InChI=1S/C15H24N4O2/c1-4-12-10-13(18(3)17-12)14(20)16-11(2)15(21)19-8-6-5-7-9-19/h10-11H,4-9H2,1-3H3,(H,16,20). The molecule has 2 heterocycles. The van der Waals surface area contributed by atoms with Gasteiger partial charge in [0.05, 0.1) is 5.69 Å². The van der Waals surface area contributed by atoms with Crippen LogP contribution in [0.2, 0.25) is 0 Å². The van der Waals surface area contributed by atoms with E-state index in [-0.39, 0.29) is 11.8 Å². The molecule has 1 aromatic rings. The summed E-state index contributed by atoms with van der Waals surface area (Å²) in [4.78, 5) is 26.4. The second-order valence-corrected chi connectivity index (χ2v) is 5.58. The van der Waals surface area contributed by atoms with Crippen LogP contribution in [0, 0.1) is 0 Å². The SMILES string of the molecule is CCc1cc(C(=O)NC(C)C(=O)N2CCCCC2)n(C)n1. The van der Waals surface area contributed by atoms with Crippen LogP contribution in [0.1, 0.15) is 49.3 Å². The molecular weight excluding hydrogens is 268 g/mol. The Labute approximate surface area is 125 Å². The highest BCUT2D eigenvalue weighted by atomic mass is 16.2. The minimum absolute atomic E-state index is 0.000864. The van der Waals surface area contributed by atoms with E-state index in [1.807, 2.05) is 11.8 Å². The zero-order chi connectivity index (χ0) is 15.4. The van der Waals surface area contributed by atoms with E-state index in [1.165, 1.54) is 6.42 Å². The first-order valence-electron chi connectivity index (χ1n) is 7.65. The maximum Gasteiger partial charge on any atom is 0.270 e. The Morgan fingerprint density at radius 1 is 1.33 bits per heavy atom. The van der Waals surface area contributed by atoms with Gasteiger partial charge in [0, 0.05) is 20.1 Å². The Hall–Kier alpha value is -1.85. The molecule has 2 rings (SSSR count). The van der Waals surface area contributed by atoms with Crippen molar-refractivity contribution in [3.05, 3.63) is 17.5 Å². The van der Waals surface area contributed by atoms with Gasteiger partial charge in [0.15, 0.2) is 0 Å². The first-order valence-corrected chi connectivity index (χ1v) is 7.65. The number of carbonyl (C=O) groups excluding carboxylic acids is 2. The van der Waals surface area contributed by atoms with Gasteiger partial charge in [-0.2, -0.15) is 5.10 Å². The third-order valence-electron chi connectivity index (χ3n) is 3.91. The van der Waals surface area contributed by atoms with Gasteiger partial charge in [-0.15, -0.1) is 0 Å². The van der Waals surface area contributed by atoms with E-state index in [0.29, 0.717) is 5.69 Å². The van der Waals surface area contributed by atoms with Gasteiger partial charge in [-0.25, -0.2) is 0 Å². The zero-order valence-corrected chi connectivity index (χ0v) is 13.1. The minimum Gasteiger partial charge on any atom is -0.341 e. The van der Waals surface area contributed by atoms with Crippen LogP contribution in [-0.2, 0) is 18.3 Å². The molecule has 1 atom stereocenters. The van der Waals surface area contributed by atoms with Crippen molar-refractivity contribution in [1.82, 2.24) is 20.0 Å². The van der Waals surface area contributed by atoms with Crippen LogP contribution in [0.4, 0.5) is 0 Å². The van der Waals surface area contributed by atoms with Gasteiger partial charge in [-0.05, 0) is 38.7 Å². The van der Waals surface area contributed by atoms with E-state index < -0.39 is 6.04 Å². The molecule has 1 aromatic heterocycles. The van der Waals surface area contributed by atoms with Gasteiger partial charge in [-0.1, -0.05) is 6.92 Å². The lowest BCUT2D eigenvalue weighted by Gasteiger charge is -2.29. The predicted molar refractivity (Wildman–Crippen MR) is 79.9 cm³/mol. The van der Waals surface area contributed by atoms with Crippen molar-refractivity contribution in [2.24, 2.45) is 7.05 Å². The molecule has 6 heteroatoms. The number of hydrogen-bond donors (Lipinski definition) is 1. The highest BCUT2D eigenvalue weighted by molar-refractivity contribution is 5.96. The zero-order valence-electron chi connectivity index (χ0n) is 13.1. The van der Waals surface area contributed by atoms with Crippen molar-refractivity contribution in [3.63, 3.8) is 0 Å². The lowest BCUT2D eigenvalue weighted by molar-refractivity contribution is -0.133. The molecule has 21 heavy (non-hydrogen) atoms. The number of likely N-dealkylation sites (tertiary alicyclic amines) is 1. The molecule has 0 aliphatic carbocycles. The van der Waals surface area contributed by atoms with E-state index in [9.17, 15) is 9.59 Å². The lowest BCUT2D eigenvalue weighted by Crippen LogP contribution is -2.48. The first-order chi connectivity index (χ1) is 10.0. The predicted octanol–water partition coefficient (Wildman–Crippen LogP) is 1.11. The molecule has 0 spiro atoms. The normalized spacial score (nSPS) is 16.6. The van der Waals surface area contributed by atoms with E-state index in [2.05, 4.69) is 10.4 Å². The molecule has 1 N–H and O–H groups in total. The third-order valence-corrected chi connectivity index (χ3v) is 3.91. The number of piperidine rings is 1. The smallest absolute Gasteiger partial charge is 0.270 e. The largest absolute Gasteiger partial charge is 0.341 e. The summed E-state index contributed by atoms with van der Waals surface area (Å²) in [5.41, 5.74) is 1.36. The number of amides is 2. The topological polar surface area (TPSA) is 67.2 Å². The summed E-state index contributed by atoms with van der Waals surface area (Å²) in [5.74, 6) is -0.247. The summed E-state index contributed by atoms with van der Waals surface area (Å²) in [5, 5.41) is 7.03. The number of nitrogens with one attached hydrogen (secondary N) is 1. The summed E-state index contributed by atoms with van der Waals surface area (Å²) in [7, 11) is 1.74. The fourth-order valence-electron chi connectivity index (χ4n) is 2.63. The number of aromatic nitrogens is 2.